The number of rotatable bonds is 1. The summed E-state index contributed by atoms with van der Waals surface area (Å²) in [5, 5.41) is 18.0. The van der Waals surface area contributed by atoms with E-state index >= 15 is 0 Å². The molecule has 0 radical (unpaired) electrons. The number of benzene rings is 1. The quantitative estimate of drug-likeness (QED) is 0.613. The van der Waals surface area contributed by atoms with Crippen molar-refractivity contribution in [1.82, 2.24) is 19.7 Å². The fourth-order valence-electron chi connectivity index (χ4n) is 3.45. The first-order chi connectivity index (χ1) is 14.2. The summed E-state index contributed by atoms with van der Waals surface area (Å²) in [6, 6.07) is 7.94. The second kappa shape index (κ2) is 8.70. The third-order valence-electron chi connectivity index (χ3n) is 4.84. The van der Waals surface area contributed by atoms with Crippen molar-refractivity contribution >= 4 is 11.6 Å². The molecule has 148 valence electrons. The van der Waals surface area contributed by atoms with E-state index < -0.39 is 0 Å². The molecule has 29 heavy (non-hydrogen) atoms. The van der Waals surface area contributed by atoms with Gasteiger partial charge in [0.1, 0.15) is 17.7 Å². The van der Waals surface area contributed by atoms with Gasteiger partial charge in [-0.05, 0) is 37.1 Å². The summed E-state index contributed by atoms with van der Waals surface area (Å²) < 4.78 is 11.9. The second-order valence-electron chi connectivity index (χ2n) is 6.76. The first-order valence-electron chi connectivity index (χ1n) is 9.42. The minimum absolute atomic E-state index is 0.522. The molecule has 0 aliphatic carbocycles. The van der Waals surface area contributed by atoms with Crippen LogP contribution in [0.3, 0.4) is 0 Å². The monoisotopic (exact) mass is 409 g/mol. The number of halogens is 1. The standard InChI is InChI=1S/C17H12ClN5.C4H8O2/c1-10-21-22-17-3-2-12-5-14(15(18)6-16(12)23(10)17)13-4-11(7-19)8-20-9-13;1-2-6-4-3-5-1/h4-6,8-9H,2-3H2,1H3;1-4H2. The van der Waals surface area contributed by atoms with Gasteiger partial charge in [0.25, 0.3) is 0 Å². The van der Waals surface area contributed by atoms with Crippen LogP contribution >= 0.6 is 11.6 Å². The summed E-state index contributed by atoms with van der Waals surface area (Å²) in [4.78, 5) is 4.12. The van der Waals surface area contributed by atoms with Crippen LogP contribution < -0.4 is 0 Å². The average molecular weight is 410 g/mol. The molecule has 1 fully saturated rings. The number of hydrogen-bond donors (Lipinski definition) is 0. The molecule has 4 heterocycles. The lowest BCUT2D eigenvalue weighted by atomic mass is 9.97. The molecule has 0 amide bonds. The Kier molecular flexibility index (Phi) is 5.86. The van der Waals surface area contributed by atoms with Gasteiger partial charge in [-0.3, -0.25) is 9.55 Å². The van der Waals surface area contributed by atoms with Crippen LogP contribution in [0.5, 0.6) is 0 Å². The van der Waals surface area contributed by atoms with Gasteiger partial charge in [0.05, 0.1) is 42.7 Å². The molecule has 0 spiro atoms. The maximum absolute atomic E-state index is 9.05. The largest absolute Gasteiger partial charge is 0.377 e. The van der Waals surface area contributed by atoms with Gasteiger partial charge in [-0.1, -0.05) is 11.6 Å². The van der Waals surface area contributed by atoms with E-state index in [-0.39, 0.29) is 0 Å². The third-order valence-corrected chi connectivity index (χ3v) is 5.15. The Morgan fingerprint density at radius 3 is 2.48 bits per heavy atom. The molecule has 2 aromatic heterocycles. The van der Waals surface area contributed by atoms with E-state index in [1.807, 2.05) is 13.0 Å². The molecule has 0 unspecified atom stereocenters. The van der Waals surface area contributed by atoms with Gasteiger partial charge >= 0.3 is 0 Å². The highest BCUT2D eigenvalue weighted by molar-refractivity contribution is 6.33. The Bertz CT molecular complexity index is 1060. The molecule has 0 atom stereocenters. The van der Waals surface area contributed by atoms with E-state index in [0.717, 1.165) is 67.7 Å². The molecule has 8 heteroatoms. The van der Waals surface area contributed by atoms with Crippen LogP contribution in [0, 0.1) is 18.3 Å². The predicted octanol–water partition coefficient (Wildman–Crippen LogP) is 3.29. The second-order valence-corrected chi connectivity index (χ2v) is 7.17. The normalized spacial score (nSPS) is 14.8. The molecule has 2 aliphatic rings. The van der Waals surface area contributed by atoms with Crippen LogP contribution in [-0.2, 0) is 22.3 Å². The highest BCUT2D eigenvalue weighted by Gasteiger charge is 2.21. The molecule has 7 nitrogen and oxygen atoms in total. The lowest BCUT2D eigenvalue weighted by Gasteiger charge is -2.20. The Labute approximate surface area is 173 Å². The Morgan fingerprint density at radius 1 is 1.03 bits per heavy atom. The van der Waals surface area contributed by atoms with Crippen molar-refractivity contribution in [3.63, 3.8) is 0 Å². The SMILES string of the molecule is C1COCCO1.Cc1nnc2n1-c1cc(Cl)c(-c3cncc(C#N)c3)cc1CC2. The third kappa shape index (κ3) is 4.15. The first kappa shape index (κ1) is 19.5. The van der Waals surface area contributed by atoms with Crippen LogP contribution in [0.2, 0.25) is 5.02 Å². The van der Waals surface area contributed by atoms with Crippen molar-refractivity contribution in [2.75, 3.05) is 26.4 Å². The average Bonchev–Trinajstić information content (AvgIpc) is 3.16. The maximum atomic E-state index is 9.05. The van der Waals surface area contributed by atoms with E-state index in [1.54, 1.807) is 18.5 Å². The number of hydrogen-bond acceptors (Lipinski definition) is 6. The van der Waals surface area contributed by atoms with Crippen LogP contribution in [0.1, 0.15) is 22.8 Å². The van der Waals surface area contributed by atoms with Gasteiger partial charge in [0.2, 0.25) is 0 Å². The minimum atomic E-state index is 0.522. The maximum Gasteiger partial charge on any atom is 0.137 e. The smallest absolute Gasteiger partial charge is 0.137 e. The first-order valence-corrected chi connectivity index (χ1v) is 9.80. The molecular weight excluding hydrogens is 390 g/mol. The molecule has 0 saturated carbocycles. The van der Waals surface area contributed by atoms with Gasteiger partial charge in [0.15, 0.2) is 0 Å². The predicted molar refractivity (Wildman–Crippen MR) is 108 cm³/mol. The summed E-state index contributed by atoms with van der Waals surface area (Å²) in [6.07, 6.45) is 5.02. The zero-order valence-corrected chi connectivity index (χ0v) is 16.8. The molecule has 0 bridgehead atoms. The zero-order chi connectivity index (χ0) is 20.2. The molecule has 1 aromatic carbocycles. The number of pyridine rings is 1. The Hall–Kier alpha value is -2.79. The van der Waals surface area contributed by atoms with Crippen molar-refractivity contribution in [2.24, 2.45) is 0 Å². The molecule has 0 N–H and O–H groups in total. The van der Waals surface area contributed by atoms with Gasteiger partial charge in [-0.25, -0.2) is 0 Å². The minimum Gasteiger partial charge on any atom is -0.377 e. The van der Waals surface area contributed by atoms with Gasteiger partial charge < -0.3 is 9.47 Å². The molecule has 5 rings (SSSR count). The molecule has 3 aromatic rings. The number of aromatic nitrogens is 4. The van der Waals surface area contributed by atoms with Crippen molar-refractivity contribution in [3.05, 3.63) is 58.4 Å². The van der Waals surface area contributed by atoms with Gasteiger partial charge in [-0.15, -0.1) is 10.2 Å². The number of ether oxygens (including phenoxy) is 2. The molecule has 1 saturated heterocycles. The molecule has 2 aliphatic heterocycles. The summed E-state index contributed by atoms with van der Waals surface area (Å²) in [7, 11) is 0. The molecular formula is C21H20ClN5O2. The fourth-order valence-corrected chi connectivity index (χ4v) is 3.72. The van der Waals surface area contributed by atoms with E-state index in [4.69, 9.17) is 26.3 Å². The van der Waals surface area contributed by atoms with Crippen LogP contribution in [0.4, 0.5) is 0 Å². The van der Waals surface area contributed by atoms with Crippen molar-refractivity contribution < 1.29 is 9.47 Å². The van der Waals surface area contributed by atoms with E-state index in [0.29, 0.717) is 10.6 Å². The lowest BCUT2D eigenvalue weighted by molar-refractivity contribution is -0.0334. The van der Waals surface area contributed by atoms with Crippen molar-refractivity contribution in [2.45, 2.75) is 19.8 Å². The summed E-state index contributed by atoms with van der Waals surface area (Å²) >= 11 is 6.51. The summed E-state index contributed by atoms with van der Waals surface area (Å²) in [5.41, 5.74) is 4.50. The summed E-state index contributed by atoms with van der Waals surface area (Å²) in [6.45, 7) is 5.05. The highest BCUT2D eigenvalue weighted by Crippen LogP contribution is 2.35. The summed E-state index contributed by atoms with van der Waals surface area (Å²) in [5.74, 6) is 1.82. The van der Waals surface area contributed by atoms with Gasteiger partial charge in [0, 0.05) is 29.9 Å². The van der Waals surface area contributed by atoms with Crippen LogP contribution in [0.15, 0.2) is 30.6 Å². The Morgan fingerprint density at radius 2 is 1.79 bits per heavy atom. The lowest BCUT2D eigenvalue weighted by Crippen LogP contribution is -2.16. The number of nitrogens with zero attached hydrogens (tertiary/aromatic N) is 5. The number of nitriles is 1. The fraction of sp³-hybridized carbons (Fsp3) is 0.333. The van der Waals surface area contributed by atoms with Gasteiger partial charge in [-0.2, -0.15) is 5.26 Å². The highest BCUT2D eigenvalue weighted by atomic mass is 35.5. The van der Waals surface area contributed by atoms with E-state index in [2.05, 4.69) is 31.9 Å². The zero-order valence-electron chi connectivity index (χ0n) is 16.1. The van der Waals surface area contributed by atoms with Crippen LogP contribution in [-0.4, -0.2) is 46.2 Å². The number of fused-ring (bicyclic) bond motifs is 3. The number of aryl methyl sites for hydroxylation is 3. The van der Waals surface area contributed by atoms with Crippen molar-refractivity contribution in [1.29, 1.82) is 5.26 Å². The topological polar surface area (TPSA) is 85.8 Å². The van der Waals surface area contributed by atoms with E-state index in [1.165, 1.54) is 5.56 Å². The van der Waals surface area contributed by atoms with Crippen LogP contribution in [0.25, 0.3) is 16.8 Å². The van der Waals surface area contributed by atoms with E-state index in [9.17, 15) is 0 Å². The Balaban J connectivity index is 0.000000294. The van der Waals surface area contributed by atoms with Crippen molar-refractivity contribution in [3.8, 4) is 22.9 Å².